The third-order valence-corrected chi connectivity index (χ3v) is 5.26. The van der Waals surface area contributed by atoms with Gasteiger partial charge in [0.05, 0.1) is 6.26 Å². The van der Waals surface area contributed by atoms with Gasteiger partial charge in [0.1, 0.15) is 0 Å². The summed E-state index contributed by atoms with van der Waals surface area (Å²) in [7, 11) is 0. The van der Waals surface area contributed by atoms with Crippen molar-refractivity contribution in [1.82, 2.24) is 5.32 Å². The zero-order valence-electron chi connectivity index (χ0n) is 15.8. The molecule has 0 aliphatic carbocycles. The Hall–Kier alpha value is -2.99. The molecule has 28 heavy (non-hydrogen) atoms. The molecule has 0 spiro atoms. The molecule has 0 fully saturated rings. The Labute approximate surface area is 168 Å². The molecule has 0 saturated heterocycles. The van der Waals surface area contributed by atoms with Crippen molar-refractivity contribution in [2.75, 3.05) is 11.9 Å². The molecule has 2 aromatic carbocycles. The van der Waals surface area contributed by atoms with Gasteiger partial charge in [0.2, 0.25) is 5.91 Å². The lowest BCUT2D eigenvalue weighted by molar-refractivity contribution is -0.116. The van der Waals surface area contributed by atoms with E-state index in [9.17, 15) is 9.59 Å². The second-order valence-electron chi connectivity index (χ2n) is 6.43. The monoisotopic (exact) mass is 394 g/mol. The molecule has 0 aliphatic rings. The lowest BCUT2D eigenvalue weighted by atomic mass is 10.2. The molecule has 144 valence electrons. The topological polar surface area (TPSA) is 71.3 Å². The highest BCUT2D eigenvalue weighted by molar-refractivity contribution is 7.99. The van der Waals surface area contributed by atoms with E-state index in [1.807, 2.05) is 24.3 Å². The lowest BCUT2D eigenvalue weighted by Crippen LogP contribution is -2.27. The van der Waals surface area contributed by atoms with E-state index in [0.29, 0.717) is 0 Å². The molecule has 6 heteroatoms. The smallest absolute Gasteiger partial charge is 0.286 e. The number of hydrogen-bond donors (Lipinski definition) is 2. The zero-order valence-corrected chi connectivity index (χ0v) is 16.6. The van der Waals surface area contributed by atoms with Gasteiger partial charge in [-0.25, -0.2) is 0 Å². The van der Waals surface area contributed by atoms with Gasteiger partial charge in [-0.15, -0.1) is 0 Å². The summed E-state index contributed by atoms with van der Waals surface area (Å²) in [6.45, 7) is 4.42. The maximum Gasteiger partial charge on any atom is 0.286 e. The number of furan rings is 1. The third kappa shape index (κ3) is 5.50. The largest absolute Gasteiger partial charge is 0.459 e. The van der Waals surface area contributed by atoms with Gasteiger partial charge in [-0.1, -0.05) is 23.9 Å². The predicted octanol–water partition coefficient (Wildman–Crippen LogP) is 4.81. The molecule has 2 N–H and O–H groups in total. The molecule has 3 aromatic rings. The highest BCUT2D eigenvalue weighted by Crippen LogP contribution is 2.31. The molecule has 5 nitrogen and oxygen atoms in total. The Morgan fingerprint density at radius 2 is 1.82 bits per heavy atom. The average Bonchev–Trinajstić information content (AvgIpc) is 3.21. The van der Waals surface area contributed by atoms with Crippen molar-refractivity contribution < 1.29 is 14.0 Å². The summed E-state index contributed by atoms with van der Waals surface area (Å²) in [5.41, 5.74) is 3.20. The minimum Gasteiger partial charge on any atom is -0.459 e. The fraction of sp³-hybridized carbons (Fsp3) is 0.182. The molecule has 0 saturated carbocycles. The predicted molar refractivity (Wildman–Crippen MR) is 111 cm³/mol. The van der Waals surface area contributed by atoms with E-state index in [4.69, 9.17) is 4.42 Å². The summed E-state index contributed by atoms with van der Waals surface area (Å²) in [6.07, 6.45) is 1.62. The van der Waals surface area contributed by atoms with Crippen LogP contribution < -0.4 is 10.6 Å². The van der Waals surface area contributed by atoms with E-state index in [1.165, 1.54) is 22.3 Å². The molecule has 1 aromatic heterocycles. The quantitative estimate of drug-likeness (QED) is 0.603. The number of anilines is 1. The molecule has 0 aliphatic heterocycles. The third-order valence-electron chi connectivity index (χ3n) is 4.09. The van der Waals surface area contributed by atoms with E-state index in [0.717, 1.165) is 10.6 Å². The van der Waals surface area contributed by atoms with Gasteiger partial charge in [0.15, 0.2) is 5.76 Å². The molecule has 1 heterocycles. The number of benzene rings is 2. The Morgan fingerprint density at radius 1 is 1.04 bits per heavy atom. The maximum absolute atomic E-state index is 12.0. The summed E-state index contributed by atoms with van der Waals surface area (Å²) in [6, 6.07) is 17.4. The normalized spacial score (nSPS) is 10.5. The summed E-state index contributed by atoms with van der Waals surface area (Å²) in [5, 5.41) is 5.49. The average molecular weight is 394 g/mol. The first-order valence-electron chi connectivity index (χ1n) is 8.98. The van der Waals surface area contributed by atoms with Crippen LogP contribution >= 0.6 is 11.8 Å². The van der Waals surface area contributed by atoms with Gasteiger partial charge in [0, 0.05) is 28.4 Å². The van der Waals surface area contributed by atoms with Crippen molar-refractivity contribution in [3.8, 4) is 0 Å². The Kier molecular flexibility index (Phi) is 6.55. The van der Waals surface area contributed by atoms with E-state index < -0.39 is 0 Å². The van der Waals surface area contributed by atoms with Crippen molar-refractivity contribution in [2.45, 2.75) is 30.1 Å². The number of hydrogen-bond acceptors (Lipinski definition) is 4. The molecule has 0 radical (unpaired) electrons. The van der Waals surface area contributed by atoms with Crippen LogP contribution in [0.2, 0.25) is 0 Å². The number of amides is 2. The van der Waals surface area contributed by atoms with E-state index in [1.54, 1.807) is 23.9 Å². The number of nitrogens with one attached hydrogen (secondary N) is 2. The first-order chi connectivity index (χ1) is 13.5. The molecule has 0 atom stereocenters. The van der Waals surface area contributed by atoms with Crippen LogP contribution in [0.4, 0.5) is 5.69 Å². The van der Waals surface area contributed by atoms with Crippen molar-refractivity contribution in [3.63, 3.8) is 0 Å². The molecule has 3 rings (SSSR count). The number of carbonyl (C=O) groups excluding carboxylic acids is 2. The van der Waals surface area contributed by atoms with Crippen LogP contribution in [-0.2, 0) is 4.79 Å². The fourth-order valence-corrected chi connectivity index (χ4v) is 3.56. The SMILES string of the molecule is Cc1ccc(C)c(Sc2ccc(NC(=O)CCNC(=O)c3ccco3)cc2)c1. The zero-order chi connectivity index (χ0) is 19.9. The van der Waals surface area contributed by atoms with Crippen LogP contribution in [0.1, 0.15) is 28.1 Å². The van der Waals surface area contributed by atoms with Crippen molar-refractivity contribution in [1.29, 1.82) is 0 Å². The molecule has 0 unspecified atom stereocenters. The summed E-state index contributed by atoms with van der Waals surface area (Å²) < 4.78 is 5.00. The van der Waals surface area contributed by atoms with Crippen LogP contribution in [0, 0.1) is 13.8 Å². The van der Waals surface area contributed by atoms with Crippen molar-refractivity contribution >= 4 is 29.3 Å². The lowest BCUT2D eigenvalue weighted by Gasteiger charge is -2.09. The molecular weight excluding hydrogens is 372 g/mol. The minimum absolute atomic E-state index is 0.158. The second-order valence-corrected chi connectivity index (χ2v) is 7.54. The Bertz CT molecular complexity index is 950. The van der Waals surface area contributed by atoms with Crippen molar-refractivity contribution in [2.24, 2.45) is 0 Å². The van der Waals surface area contributed by atoms with Gasteiger partial charge >= 0.3 is 0 Å². The number of carbonyl (C=O) groups is 2. The van der Waals surface area contributed by atoms with Gasteiger partial charge in [0.25, 0.3) is 5.91 Å². The van der Waals surface area contributed by atoms with Crippen LogP contribution in [0.25, 0.3) is 0 Å². The van der Waals surface area contributed by atoms with Crippen LogP contribution in [-0.4, -0.2) is 18.4 Å². The van der Waals surface area contributed by atoms with E-state index in [2.05, 4.69) is 42.7 Å². The molecule has 0 bridgehead atoms. The number of rotatable bonds is 7. The second kappa shape index (κ2) is 9.28. The van der Waals surface area contributed by atoms with E-state index >= 15 is 0 Å². The van der Waals surface area contributed by atoms with Gasteiger partial charge in [-0.05, 0) is 67.4 Å². The highest BCUT2D eigenvalue weighted by atomic mass is 32.2. The van der Waals surface area contributed by atoms with Gasteiger partial charge < -0.3 is 15.1 Å². The van der Waals surface area contributed by atoms with E-state index in [-0.39, 0.29) is 30.5 Å². The molecule has 2 amide bonds. The summed E-state index contributed by atoms with van der Waals surface area (Å²) >= 11 is 1.70. The van der Waals surface area contributed by atoms with Gasteiger partial charge in [-0.2, -0.15) is 0 Å². The molecular formula is C22H22N2O3S. The minimum atomic E-state index is -0.328. The Morgan fingerprint density at radius 3 is 2.54 bits per heavy atom. The van der Waals surface area contributed by atoms with Crippen LogP contribution in [0.5, 0.6) is 0 Å². The summed E-state index contributed by atoms with van der Waals surface area (Å²) in [4.78, 5) is 26.1. The first kappa shape index (κ1) is 19.8. The van der Waals surface area contributed by atoms with Crippen LogP contribution in [0.15, 0.2) is 75.1 Å². The highest BCUT2D eigenvalue weighted by Gasteiger charge is 2.09. The van der Waals surface area contributed by atoms with Crippen LogP contribution in [0.3, 0.4) is 0 Å². The standard InChI is InChI=1S/C22H22N2O3S/c1-15-5-6-16(2)20(14-15)28-18-9-7-17(8-10-18)24-21(25)11-12-23-22(26)19-4-3-13-27-19/h3-10,13-14H,11-12H2,1-2H3,(H,23,26)(H,24,25). The number of aryl methyl sites for hydroxylation is 2. The summed E-state index contributed by atoms with van der Waals surface area (Å²) in [5.74, 6) is -0.252. The van der Waals surface area contributed by atoms with Crippen molar-refractivity contribution in [3.05, 3.63) is 77.7 Å². The first-order valence-corrected chi connectivity index (χ1v) is 9.79. The maximum atomic E-state index is 12.0. The fourth-order valence-electron chi connectivity index (χ4n) is 2.56. The van der Waals surface area contributed by atoms with Gasteiger partial charge in [-0.3, -0.25) is 9.59 Å². The Balaban J connectivity index is 1.47.